The third-order valence-corrected chi connectivity index (χ3v) is 10.2. The summed E-state index contributed by atoms with van der Waals surface area (Å²) in [5.74, 6) is 2.09. The Morgan fingerprint density at radius 2 is 1.23 bits per heavy atom. The minimum absolute atomic E-state index is 0.153. The second kappa shape index (κ2) is 28.0. The van der Waals surface area contributed by atoms with Gasteiger partial charge in [-0.2, -0.15) is 0 Å². The molecule has 0 radical (unpaired) electrons. The number of amides is 1. The summed E-state index contributed by atoms with van der Waals surface area (Å²) < 4.78 is 21.4. The number of aliphatic hydroxyl groups excluding tert-OH is 4. The number of nitrogens with zero attached hydrogens (tertiary/aromatic N) is 5. The minimum atomic E-state index is -0.564. The first-order chi connectivity index (χ1) is 29.7. The molecule has 348 valence electrons. The van der Waals surface area contributed by atoms with E-state index in [4.69, 9.17) is 40.0 Å². The first kappa shape index (κ1) is 52.5. The Bertz CT molecular complexity index is 1650. The molecule has 8 N–H and O–H groups in total. The number of ether oxygens (including phenoxy) is 4. The second-order valence-corrected chi connectivity index (χ2v) is 16.7. The standard InChI is InChI=1S/C15H22N2O4.C14H22N2O2.C13H21N3O2.C3H9NO/c1-15(2,3)21-14(19)17-13-5-4-11(12(8-18)16-13)10-6-7-20-9-10;1-11-3-4-13(12-5-8-18-10-12)14(15-11)9-16(2)6-7-17;1-16(5-6-17)8-12-11(2-3-13(14)15-12)10-4-7-18-9-10;1-4-2-3-5/h4-5,10,18H,6-9H2,1-3H3,(H,16,17,19);3-4,12,17H,5-10H2,1-2H3;2-3,10,17H,4-9H2,1H3,(H2,14,15);4-5H,2-3H2,1H3. The Kier molecular flexibility index (Phi) is 23.7. The van der Waals surface area contributed by atoms with Crippen molar-refractivity contribution in [2.45, 2.75) is 90.0 Å². The van der Waals surface area contributed by atoms with Crippen molar-refractivity contribution in [1.29, 1.82) is 0 Å². The van der Waals surface area contributed by atoms with Gasteiger partial charge in [0.15, 0.2) is 0 Å². The smallest absolute Gasteiger partial charge is 0.413 e. The van der Waals surface area contributed by atoms with Gasteiger partial charge >= 0.3 is 6.09 Å². The topological polar surface area (TPSA) is 230 Å². The Morgan fingerprint density at radius 3 is 1.65 bits per heavy atom. The molecular weight excluding hydrogens is 797 g/mol. The molecule has 3 aromatic rings. The first-order valence-electron chi connectivity index (χ1n) is 21.6. The molecule has 0 spiro atoms. The molecule has 62 heavy (non-hydrogen) atoms. The number of hydrogen-bond acceptors (Lipinski definition) is 16. The molecule has 17 nitrogen and oxygen atoms in total. The average Bonchev–Trinajstić information content (AvgIpc) is 4.05. The number of carbonyl (C=O) groups excluding carboxylic acids is 1. The Labute approximate surface area is 368 Å². The number of aryl methyl sites for hydroxylation is 1. The molecule has 3 saturated heterocycles. The number of aliphatic hydroxyl groups is 4. The van der Waals surface area contributed by atoms with Crippen LogP contribution >= 0.6 is 0 Å². The van der Waals surface area contributed by atoms with Crippen molar-refractivity contribution in [1.82, 2.24) is 30.1 Å². The molecule has 1 amide bonds. The molecule has 6 rings (SSSR count). The van der Waals surface area contributed by atoms with E-state index in [-0.39, 0.29) is 32.3 Å². The lowest BCUT2D eigenvalue weighted by molar-refractivity contribution is 0.0635. The fraction of sp³-hybridized carbons (Fsp3) is 0.644. The number of pyridine rings is 3. The lowest BCUT2D eigenvalue weighted by atomic mass is 9.96. The van der Waals surface area contributed by atoms with Crippen LogP contribution in [0.2, 0.25) is 0 Å². The van der Waals surface area contributed by atoms with Crippen molar-refractivity contribution in [2.75, 3.05) is 111 Å². The molecule has 3 aliphatic heterocycles. The summed E-state index contributed by atoms with van der Waals surface area (Å²) in [7, 11) is 5.78. The average molecular weight is 871 g/mol. The van der Waals surface area contributed by atoms with Crippen LogP contribution in [-0.2, 0) is 38.6 Å². The normalized spacial score (nSPS) is 18.4. The maximum atomic E-state index is 11.7. The zero-order valence-corrected chi connectivity index (χ0v) is 38.1. The quantitative estimate of drug-likeness (QED) is 0.116. The van der Waals surface area contributed by atoms with Gasteiger partial charge < -0.3 is 50.4 Å². The van der Waals surface area contributed by atoms with Crippen molar-refractivity contribution in [3.63, 3.8) is 0 Å². The van der Waals surface area contributed by atoms with Gasteiger partial charge in [-0.25, -0.2) is 14.8 Å². The fourth-order valence-corrected chi connectivity index (χ4v) is 7.10. The number of hydrogen-bond donors (Lipinski definition) is 7. The largest absolute Gasteiger partial charge is 0.444 e. The van der Waals surface area contributed by atoms with Gasteiger partial charge in [-0.1, -0.05) is 18.2 Å². The number of anilines is 2. The predicted molar refractivity (Wildman–Crippen MR) is 240 cm³/mol. The fourth-order valence-electron chi connectivity index (χ4n) is 7.10. The molecule has 3 fully saturated rings. The molecular formula is C45H74N8O9. The van der Waals surface area contributed by atoms with Crippen LogP contribution < -0.4 is 16.4 Å². The van der Waals surface area contributed by atoms with Crippen LogP contribution in [0.25, 0.3) is 0 Å². The van der Waals surface area contributed by atoms with Gasteiger partial charge in [-0.05, 0) is 103 Å². The van der Waals surface area contributed by atoms with Gasteiger partial charge in [0.05, 0.1) is 63.3 Å². The van der Waals surface area contributed by atoms with Crippen molar-refractivity contribution < 1.29 is 44.2 Å². The van der Waals surface area contributed by atoms with Crippen LogP contribution in [0.1, 0.15) is 97.3 Å². The van der Waals surface area contributed by atoms with E-state index in [0.29, 0.717) is 62.0 Å². The summed E-state index contributed by atoms with van der Waals surface area (Å²) >= 11 is 0. The number of nitrogens with one attached hydrogen (secondary N) is 2. The first-order valence-corrected chi connectivity index (χ1v) is 21.6. The maximum Gasteiger partial charge on any atom is 0.413 e. The predicted octanol–water partition coefficient (Wildman–Crippen LogP) is 3.53. The monoisotopic (exact) mass is 871 g/mol. The van der Waals surface area contributed by atoms with Crippen LogP contribution in [0.4, 0.5) is 16.4 Å². The molecule has 17 heteroatoms. The number of aromatic nitrogens is 3. The number of carbonyl (C=O) groups is 1. The van der Waals surface area contributed by atoms with E-state index < -0.39 is 11.7 Å². The van der Waals surface area contributed by atoms with Gasteiger partial charge in [-0.3, -0.25) is 20.1 Å². The number of nitrogens with two attached hydrogens (primary N) is 1. The molecule has 0 bridgehead atoms. The van der Waals surface area contributed by atoms with Crippen molar-refractivity contribution in [3.05, 3.63) is 75.9 Å². The summed E-state index contributed by atoms with van der Waals surface area (Å²) in [6.07, 6.45) is 2.49. The highest BCUT2D eigenvalue weighted by Crippen LogP contribution is 2.30. The van der Waals surface area contributed by atoms with Crippen LogP contribution in [-0.4, -0.2) is 157 Å². The van der Waals surface area contributed by atoms with E-state index in [2.05, 4.69) is 48.7 Å². The molecule has 0 aliphatic carbocycles. The lowest BCUT2D eigenvalue weighted by Gasteiger charge is -2.20. The summed E-state index contributed by atoms with van der Waals surface area (Å²) in [4.78, 5) is 29.2. The van der Waals surface area contributed by atoms with Crippen molar-refractivity contribution in [3.8, 4) is 0 Å². The summed E-state index contributed by atoms with van der Waals surface area (Å²) in [5.41, 5.74) is 12.5. The van der Waals surface area contributed by atoms with Gasteiger partial charge in [0.1, 0.15) is 17.2 Å². The van der Waals surface area contributed by atoms with E-state index in [0.717, 1.165) is 81.5 Å². The van der Waals surface area contributed by atoms with Crippen molar-refractivity contribution >= 4 is 17.7 Å². The van der Waals surface area contributed by atoms with Crippen LogP contribution in [0, 0.1) is 6.92 Å². The zero-order chi connectivity index (χ0) is 45.5. The van der Waals surface area contributed by atoms with Gasteiger partial charge in [0, 0.05) is 76.0 Å². The second-order valence-electron chi connectivity index (χ2n) is 16.7. The highest BCUT2D eigenvalue weighted by atomic mass is 16.6. The SMILES string of the molecule is CC(C)(C)OC(=O)Nc1ccc(C2CCOC2)c(CO)n1.CN(CCO)Cc1nc(N)ccc1C1CCOC1.CNCCO.Cc1ccc(C2CCOC2)c(CN(C)CCO)n1. The molecule has 3 aliphatic rings. The van der Waals surface area contributed by atoms with Gasteiger partial charge in [0.25, 0.3) is 0 Å². The summed E-state index contributed by atoms with van der Waals surface area (Å²) in [5, 5.41) is 40.7. The summed E-state index contributed by atoms with van der Waals surface area (Å²) in [6.45, 7) is 15.9. The van der Waals surface area contributed by atoms with E-state index in [1.54, 1.807) is 33.9 Å². The number of nitrogen functional groups attached to an aromatic ring is 1. The van der Waals surface area contributed by atoms with E-state index in [9.17, 15) is 9.90 Å². The Hall–Kier alpha value is -3.88. The molecule has 3 aromatic heterocycles. The highest BCUT2D eigenvalue weighted by Gasteiger charge is 2.24. The molecule has 0 saturated carbocycles. The van der Waals surface area contributed by atoms with Gasteiger partial charge in [-0.15, -0.1) is 0 Å². The van der Waals surface area contributed by atoms with Crippen LogP contribution in [0.5, 0.6) is 0 Å². The number of likely N-dealkylation sites (N-methyl/N-ethyl adjacent to an activating group) is 3. The highest BCUT2D eigenvalue weighted by molar-refractivity contribution is 5.83. The van der Waals surface area contributed by atoms with Gasteiger partial charge in [0.2, 0.25) is 0 Å². The van der Waals surface area contributed by atoms with Crippen LogP contribution in [0.3, 0.4) is 0 Å². The minimum Gasteiger partial charge on any atom is -0.444 e. The molecule has 0 aromatic carbocycles. The van der Waals surface area contributed by atoms with Crippen molar-refractivity contribution in [2.24, 2.45) is 0 Å². The van der Waals surface area contributed by atoms with E-state index >= 15 is 0 Å². The Balaban J connectivity index is 0.000000235. The third kappa shape index (κ3) is 18.8. The molecule has 6 heterocycles. The zero-order valence-electron chi connectivity index (χ0n) is 38.1. The molecule has 3 atom stereocenters. The Morgan fingerprint density at radius 1 is 0.742 bits per heavy atom. The molecule has 3 unspecified atom stereocenters. The van der Waals surface area contributed by atoms with E-state index in [1.807, 2.05) is 38.1 Å². The lowest BCUT2D eigenvalue weighted by Crippen LogP contribution is -2.27. The number of rotatable bonds is 15. The third-order valence-electron chi connectivity index (χ3n) is 10.2. The maximum absolute atomic E-state index is 11.7. The van der Waals surface area contributed by atoms with Crippen LogP contribution in [0.15, 0.2) is 36.4 Å². The summed E-state index contributed by atoms with van der Waals surface area (Å²) in [6, 6.07) is 11.8. The van der Waals surface area contributed by atoms with E-state index in [1.165, 1.54) is 11.1 Å².